The summed E-state index contributed by atoms with van der Waals surface area (Å²) in [5.74, 6) is 0.821. The van der Waals surface area contributed by atoms with Crippen LogP contribution in [0.25, 0.3) is 0 Å². The monoisotopic (exact) mass is 202 g/mol. The summed E-state index contributed by atoms with van der Waals surface area (Å²) in [5, 5.41) is 0. The average molecular weight is 203 g/mol. The highest BCUT2D eigenvalue weighted by Crippen LogP contribution is 2.17. The van der Waals surface area contributed by atoms with E-state index in [9.17, 15) is 0 Å². The van der Waals surface area contributed by atoms with Gasteiger partial charge >= 0.3 is 0 Å². The first-order chi connectivity index (χ1) is 5.85. The minimum absolute atomic E-state index is 0.0654. The number of allylic oxidation sites excluding steroid dienone is 2. The third-order valence-corrected chi connectivity index (χ3v) is 4.65. The van der Waals surface area contributed by atoms with Gasteiger partial charge in [0.25, 0.3) is 0 Å². The minimum atomic E-state index is 0.0654. The molecule has 0 heterocycles. The number of hydrogen-bond donors (Lipinski definition) is 0. The van der Waals surface area contributed by atoms with Gasteiger partial charge in [-0.3, -0.25) is 0 Å². The highest BCUT2D eigenvalue weighted by molar-refractivity contribution is 6.37. The van der Waals surface area contributed by atoms with Crippen LogP contribution in [-0.4, -0.2) is 15.4 Å². The third-order valence-electron chi connectivity index (χ3n) is 2.00. The van der Waals surface area contributed by atoms with Gasteiger partial charge in [-0.25, -0.2) is 0 Å². The Bertz CT molecular complexity index is 113. The topological polar surface area (TPSA) is 0 Å². The summed E-state index contributed by atoms with van der Waals surface area (Å²) >= 11 is 5.62. The summed E-state index contributed by atoms with van der Waals surface area (Å²) in [7, 11) is 0.0654. The maximum absolute atomic E-state index is 5.62. The summed E-state index contributed by atoms with van der Waals surface area (Å²) in [6.07, 6.45) is 7.59. The molecule has 0 bridgehead atoms. The molecule has 0 aromatic heterocycles. The van der Waals surface area contributed by atoms with Crippen molar-refractivity contribution in [1.82, 2.24) is 0 Å². The molecule has 70 valence electrons. The van der Waals surface area contributed by atoms with E-state index in [1.54, 1.807) is 0 Å². The van der Waals surface area contributed by atoms with Crippen LogP contribution >= 0.6 is 11.6 Å². The van der Waals surface area contributed by atoms with Gasteiger partial charge in [0.2, 0.25) is 0 Å². The molecule has 0 aromatic rings. The van der Waals surface area contributed by atoms with Crippen molar-refractivity contribution in [3.8, 4) is 0 Å². The minimum Gasteiger partial charge on any atom is -0.127 e. The molecule has 0 aliphatic heterocycles. The molecule has 0 unspecified atom stereocenters. The zero-order valence-electron chi connectivity index (χ0n) is 7.77. The summed E-state index contributed by atoms with van der Waals surface area (Å²) in [5.41, 5.74) is 0.878. The lowest BCUT2D eigenvalue weighted by molar-refractivity contribution is 0.843. The second-order valence-electron chi connectivity index (χ2n) is 3.10. The first kappa shape index (κ1) is 12.0. The van der Waals surface area contributed by atoms with Gasteiger partial charge in [-0.2, -0.15) is 0 Å². The molecule has 0 aliphatic carbocycles. The lowest BCUT2D eigenvalue weighted by Gasteiger charge is -2.10. The molecule has 0 amide bonds. The third kappa shape index (κ3) is 6.68. The Morgan fingerprint density at radius 2 is 1.83 bits per heavy atom. The van der Waals surface area contributed by atoms with Crippen LogP contribution in [0.15, 0.2) is 25.3 Å². The first-order valence-electron chi connectivity index (χ1n) is 4.62. The van der Waals surface area contributed by atoms with Crippen LogP contribution in [0.1, 0.15) is 19.3 Å². The molecule has 0 saturated carbocycles. The zero-order chi connectivity index (χ0) is 9.23. The molecule has 0 N–H and O–H groups in total. The summed E-state index contributed by atoms with van der Waals surface area (Å²) in [6.45, 7) is 7.55. The fourth-order valence-corrected chi connectivity index (χ4v) is 3.90. The Morgan fingerprint density at radius 1 is 1.25 bits per heavy atom. The molecule has 0 atom stereocenters. The average Bonchev–Trinajstić information content (AvgIpc) is 2.06. The van der Waals surface area contributed by atoms with Gasteiger partial charge in [-0.05, 0) is 24.8 Å². The van der Waals surface area contributed by atoms with Gasteiger partial charge in [0.15, 0.2) is 0 Å². The molecule has 2 heteroatoms. The summed E-state index contributed by atoms with van der Waals surface area (Å²) in [6, 6.07) is 1.37. The van der Waals surface area contributed by atoms with Gasteiger partial charge in [0.1, 0.15) is 0 Å². The van der Waals surface area contributed by atoms with E-state index in [-0.39, 0.29) is 9.52 Å². The van der Waals surface area contributed by atoms with E-state index >= 15 is 0 Å². The first-order valence-corrected chi connectivity index (χ1v) is 6.98. The SMILES string of the molecule is C=CCC(CC=C)[SiH2]CCCCl. The Labute approximate surface area is 83.5 Å². The van der Waals surface area contributed by atoms with Crippen molar-refractivity contribution in [2.45, 2.75) is 30.8 Å². The largest absolute Gasteiger partial charge is 0.127 e. The van der Waals surface area contributed by atoms with E-state index in [1.165, 1.54) is 25.3 Å². The zero-order valence-corrected chi connectivity index (χ0v) is 9.94. The Morgan fingerprint density at radius 3 is 2.25 bits per heavy atom. The number of halogens is 1. The normalized spacial score (nSPS) is 11.2. The number of hydrogen-bond acceptors (Lipinski definition) is 0. The van der Waals surface area contributed by atoms with Crippen LogP contribution in [0.3, 0.4) is 0 Å². The molecule has 0 spiro atoms. The van der Waals surface area contributed by atoms with Crippen LogP contribution in [0, 0.1) is 0 Å². The predicted molar refractivity (Wildman–Crippen MR) is 62.1 cm³/mol. The van der Waals surface area contributed by atoms with Crippen molar-refractivity contribution < 1.29 is 0 Å². The highest BCUT2D eigenvalue weighted by Gasteiger charge is 2.04. The Kier molecular flexibility index (Phi) is 9.07. The van der Waals surface area contributed by atoms with Crippen LogP contribution < -0.4 is 0 Å². The smallest absolute Gasteiger partial charge is 0.0240 e. The van der Waals surface area contributed by atoms with Gasteiger partial charge in [0.05, 0.1) is 0 Å². The van der Waals surface area contributed by atoms with Crippen molar-refractivity contribution in [3.63, 3.8) is 0 Å². The molecular weight excluding hydrogens is 184 g/mol. The van der Waals surface area contributed by atoms with Crippen molar-refractivity contribution >= 4 is 21.1 Å². The maximum atomic E-state index is 5.62. The second kappa shape index (κ2) is 9.08. The molecule has 0 aliphatic rings. The van der Waals surface area contributed by atoms with Crippen LogP contribution in [-0.2, 0) is 0 Å². The van der Waals surface area contributed by atoms with Crippen LogP contribution in [0.4, 0.5) is 0 Å². The molecule has 0 radical (unpaired) electrons. The molecule has 0 saturated heterocycles. The van der Waals surface area contributed by atoms with Crippen molar-refractivity contribution in [1.29, 1.82) is 0 Å². The molecular formula is C10H19ClSi. The van der Waals surface area contributed by atoms with E-state index in [0.29, 0.717) is 0 Å². The Balaban J connectivity index is 3.47. The predicted octanol–water partition coefficient (Wildman–Crippen LogP) is 3.14. The van der Waals surface area contributed by atoms with Gasteiger partial charge in [-0.15, -0.1) is 24.8 Å². The molecule has 0 nitrogen and oxygen atoms in total. The van der Waals surface area contributed by atoms with Crippen molar-refractivity contribution in [3.05, 3.63) is 25.3 Å². The lowest BCUT2D eigenvalue weighted by atomic mass is 10.2. The van der Waals surface area contributed by atoms with E-state index in [4.69, 9.17) is 11.6 Å². The quantitative estimate of drug-likeness (QED) is 0.246. The molecule has 0 aromatic carbocycles. The Hall–Kier alpha value is -0.0131. The summed E-state index contributed by atoms with van der Waals surface area (Å²) < 4.78 is 0. The number of alkyl halides is 1. The fraction of sp³-hybridized carbons (Fsp3) is 0.600. The van der Waals surface area contributed by atoms with E-state index in [1.807, 2.05) is 12.2 Å². The second-order valence-corrected chi connectivity index (χ2v) is 5.92. The fourth-order valence-electron chi connectivity index (χ4n) is 1.33. The molecule has 0 rings (SSSR count). The van der Waals surface area contributed by atoms with Crippen molar-refractivity contribution in [2.75, 3.05) is 5.88 Å². The lowest BCUT2D eigenvalue weighted by Crippen LogP contribution is -2.01. The highest BCUT2D eigenvalue weighted by atomic mass is 35.5. The van der Waals surface area contributed by atoms with Crippen molar-refractivity contribution in [2.24, 2.45) is 0 Å². The molecule has 0 fully saturated rings. The van der Waals surface area contributed by atoms with E-state index < -0.39 is 0 Å². The maximum Gasteiger partial charge on any atom is 0.0240 e. The van der Waals surface area contributed by atoms with Crippen LogP contribution in [0.2, 0.25) is 11.6 Å². The van der Waals surface area contributed by atoms with E-state index in [0.717, 1.165) is 11.4 Å². The van der Waals surface area contributed by atoms with Gasteiger partial charge < -0.3 is 0 Å². The van der Waals surface area contributed by atoms with E-state index in [2.05, 4.69) is 13.2 Å². The number of rotatable bonds is 8. The molecule has 12 heavy (non-hydrogen) atoms. The van der Waals surface area contributed by atoms with Crippen LogP contribution in [0.5, 0.6) is 0 Å². The summed E-state index contributed by atoms with van der Waals surface area (Å²) in [4.78, 5) is 0. The van der Waals surface area contributed by atoms with Gasteiger partial charge in [0, 0.05) is 15.4 Å². The van der Waals surface area contributed by atoms with Gasteiger partial charge in [-0.1, -0.05) is 18.2 Å². The standard InChI is InChI=1S/C10H19ClSi/c1-3-6-10(7-4-2)12-9-5-8-11/h3-4,10H,1-2,5-9,12H2.